The first kappa shape index (κ1) is 18.7. The number of aryl methyl sites for hydroxylation is 1. The van der Waals surface area contributed by atoms with Gasteiger partial charge in [0.2, 0.25) is 5.91 Å². The number of nitrogens with one attached hydrogen (secondary N) is 2. The van der Waals surface area contributed by atoms with E-state index in [1.165, 1.54) is 5.56 Å². The average molecular weight is 333 g/mol. The number of nitrogens with zero attached hydrogens (tertiary/aromatic N) is 1. The fraction of sp³-hybridized carbons (Fsp3) is 0.632. The first-order valence-electron chi connectivity index (χ1n) is 9.19. The molecular formula is C19H31N3O2. The Morgan fingerprint density at radius 3 is 2.71 bits per heavy atom. The van der Waals surface area contributed by atoms with Gasteiger partial charge in [0, 0.05) is 39.1 Å². The van der Waals surface area contributed by atoms with E-state index in [2.05, 4.69) is 22.5 Å². The fourth-order valence-corrected chi connectivity index (χ4v) is 2.78. The van der Waals surface area contributed by atoms with Crippen LogP contribution in [0.3, 0.4) is 0 Å². The molecule has 0 atom stereocenters. The highest BCUT2D eigenvalue weighted by atomic mass is 16.5. The molecule has 1 amide bonds. The predicted molar refractivity (Wildman–Crippen MR) is 97.5 cm³/mol. The van der Waals surface area contributed by atoms with Gasteiger partial charge in [0.05, 0.1) is 6.61 Å². The van der Waals surface area contributed by atoms with Gasteiger partial charge in [-0.15, -0.1) is 0 Å². The zero-order valence-electron chi connectivity index (χ0n) is 14.9. The number of hydrogen-bond donors (Lipinski definition) is 2. The normalized spacial score (nSPS) is 15.2. The molecule has 5 nitrogen and oxygen atoms in total. The first-order chi connectivity index (χ1) is 11.8. The second-order valence-electron chi connectivity index (χ2n) is 6.29. The van der Waals surface area contributed by atoms with Crippen LogP contribution in [0, 0.1) is 0 Å². The maximum atomic E-state index is 11.9. The van der Waals surface area contributed by atoms with E-state index in [1.807, 2.05) is 24.3 Å². The molecule has 0 unspecified atom stereocenters. The molecule has 5 heteroatoms. The van der Waals surface area contributed by atoms with Gasteiger partial charge in [-0.25, -0.2) is 0 Å². The quantitative estimate of drug-likeness (QED) is 0.641. The molecular weight excluding hydrogens is 302 g/mol. The molecule has 134 valence electrons. The van der Waals surface area contributed by atoms with E-state index in [4.69, 9.17) is 4.74 Å². The second-order valence-corrected chi connectivity index (χ2v) is 6.29. The average Bonchev–Trinajstić information content (AvgIpc) is 2.63. The van der Waals surface area contributed by atoms with Crippen molar-refractivity contribution in [3.05, 3.63) is 29.8 Å². The standard InChI is InChI=1S/C19H31N3O2/c1-2-16-24-18-7-4-17(5-8-18)6-9-19(23)21-10-3-13-22-14-11-20-12-15-22/h4-5,7-8,20H,2-3,6,9-16H2,1H3,(H,21,23). The molecule has 0 aromatic heterocycles. The Morgan fingerprint density at radius 2 is 2.00 bits per heavy atom. The van der Waals surface area contributed by atoms with E-state index >= 15 is 0 Å². The van der Waals surface area contributed by atoms with Gasteiger partial charge in [-0.3, -0.25) is 4.79 Å². The van der Waals surface area contributed by atoms with Gasteiger partial charge >= 0.3 is 0 Å². The highest BCUT2D eigenvalue weighted by Gasteiger charge is 2.08. The van der Waals surface area contributed by atoms with Crippen molar-refractivity contribution < 1.29 is 9.53 Å². The summed E-state index contributed by atoms with van der Waals surface area (Å²) in [6.07, 6.45) is 3.35. The van der Waals surface area contributed by atoms with E-state index in [0.29, 0.717) is 6.42 Å². The third kappa shape index (κ3) is 7.32. The van der Waals surface area contributed by atoms with Crippen LogP contribution in [0.5, 0.6) is 5.75 Å². The number of benzene rings is 1. The summed E-state index contributed by atoms with van der Waals surface area (Å²) in [5.41, 5.74) is 1.18. The van der Waals surface area contributed by atoms with E-state index in [0.717, 1.165) is 70.9 Å². The molecule has 1 aliphatic rings. The monoisotopic (exact) mass is 333 g/mol. The van der Waals surface area contributed by atoms with Crippen LogP contribution < -0.4 is 15.4 Å². The molecule has 0 aliphatic carbocycles. The van der Waals surface area contributed by atoms with E-state index < -0.39 is 0 Å². The summed E-state index contributed by atoms with van der Waals surface area (Å²) in [6.45, 7) is 9.07. The van der Waals surface area contributed by atoms with Crippen LogP contribution in [0.2, 0.25) is 0 Å². The lowest BCUT2D eigenvalue weighted by Gasteiger charge is -2.27. The Morgan fingerprint density at radius 1 is 1.25 bits per heavy atom. The van der Waals surface area contributed by atoms with Crippen molar-refractivity contribution in [3.8, 4) is 5.75 Å². The highest BCUT2D eigenvalue weighted by Crippen LogP contribution is 2.13. The van der Waals surface area contributed by atoms with Gasteiger partial charge in [-0.05, 0) is 43.5 Å². The molecule has 1 heterocycles. The second kappa shape index (κ2) is 11.0. The van der Waals surface area contributed by atoms with Crippen LogP contribution in [-0.2, 0) is 11.2 Å². The fourth-order valence-electron chi connectivity index (χ4n) is 2.78. The lowest BCUT2D eigenvalue weighted by molar-refractivity contribution is -0.121. The van der Waals surface area contributed by atoms with Gasteiger partial charge in [0.25, 0.3) is 0 Å². The van der Waals surface area contributed by atoms with Crippen molar-refractivity contribution in [2.75, 3.05) is 45.9 Å². The topological polar surface area (TPSA) is 53.6 Å². The summed E-state index contributed by atoms with van der Waals surface area (Å²) in [5.74, 6) is 1.04. The minimum atomic E-state index is 0.140. The van der Waals surface area contributed by atoms with Crippen molar-refractivity contribution in [3.63, 3.8) is 0 Å². The van der Waals surface area contributed by atoms with Gasteiger partial charge < -0.3 is 20.3 Å². The van der Waals surface area contributed by atoms with Crippen LogP contribution >= 0.6 is 0 Å². The van der Waals surface area contributed by atoms with Gasteiger partial charge in [0.1, 0.15) is 5.75 Å². The van der Waals surface area contributed by atoms with E-state index in [9.17, 15) is 4.79 Å². The Kier molecular flexibility index (Phi) is 8.63. The lowest BCUT2D eigenvalue weighted by atomic mass is 10.1. The summed E-state index contributed by atoms with van der Waals surface area (Å²) in [5, 5.41) is 6.38. The number of amides is 1. The summed E-state index contributed by atoms with van der Waals surface area (Å²) < 4.78 is 5.56. The number of piperazine rings is 1. The number of carbonyl (C=O) groups is 1. The predicted octanol–water partition coefficient (Wildman–Crippen LogP) is 1.82. The van der Waals surface area contributed by atoms with Crippen LogP contribution in [0.1, 0.15) is 31.7 Å². The number of carbonyl (C=O) groups excluding carboxylic acids is 1. The van der Waals surface area contributed by atoms with Crippen LogP contribution in [0.15, 0.2) is 24.3 Å². The minimum Gasteiger partial charge on any atom is -0.494 e. The third-order valence-corrected chi connectivity index (χ3v) is 4.22. The molecule has 1 aliphatic heterocycles. The Bertz CT molecular complexity index is 470. The highest BCUT2D eigenvalue weighted by molar-refractivity contribution is 5.76. The van der Waals surface area contributed by atoms with Crippen molar-refractivity contribution >= 4 is 5.91 Å². The summed E-state index contributed by atoms with van der Waals surface area (Å²) in [6, 6.07) is 8.05. The van der Waals surface area contributed by atoms with Crippen LogP contribution in [0.25, 0.3) is 0 Å². The SMILES string of the molecule is CCCOc1ccc(CCC(=O)NCCCN2CCNCC2)cc1. The van der Waals surface area contributed by atoms with Crippen molar-refractivity contribution in [1.29, 1.82) is 0 Å². The number of rotatable bonds is 10. The van der Waals surface area contributed by atoms with Crippen LogP contribution in [0.4, 0.5) is 0 Å². The smallest absolute Gasteiger partial charge is 0.220 e. The largest absolute Gasteiger partial charge is 0.494 e. The maximum absolute atomic E-state index is 11.9. The zero-order valence-corrected chi connectivity index (χ0v) is 14.9. The van der Waals surface area contributed by atoms with Crippen molar-refractivity contribution in [2.24, 2.45) is 0 Å². The van der Waals surface area contributed by atoms with E-state index in [-0.39, 0.29) is 5.91 Å². The summed E-state index contributed by atoms with van der Waals surface area (Å²) in [4.78, 5) is 14.4. The molecule has 1 saturated heterocycles. The number of ether oxygens (including phenoxy) is 1. The molecule has 0 bridgehead atoms. The van der Waals surface area contributed by atoms with Crippen molar-refractivity contribution in [2.45, 2.75) is 32.6 Å². The van der Waals surface area contributed by atoms with Gasteiger partial charge in [-0.1, -0.05) is 19.1 Å². The molecule has 0 radical (unpaired) electrons. The zero-order chi connectivity index (χ0) is 17.0. The molecule has 2 N–H and O–H groups in total. The molecule has 0 saturated carbocycles. The van der Waals surface area contributed by atoms with Crippen molar-refractivity contribution in [1.82, 2.24) is 15.5 Å². The molecule has 0 spiro atoms. The summed E-state index contributed by atoms with van der Waals surface area (Å²) >= 11 is 0. The van der Waals surface area contributed by atoms with Crippen LogP contribution in [-0.4, -0.2) is 56.7 Å². The minimum absolute atomic E-state index is 0.140. The Labute approximate surface area is 145 Å². The Balaban J connectivity index is 1.55. The van der Waals surface area contributed by atoms with Gasteiger partial charge in [0.15, 0.2) is 0 Å². The Hall–Kier alpha value is -1.59. The first-order valence-corrected chi connectivity index (χ1v) is 9.19. The van der Waals surface area contributed by atoms with Gasteiger partial charge in [-0.2, -0.15) is 0 Å². The maximum Gasteiger partial charge on any atom is 0.220 e. The molecule has 2 rings (SSSR count). The summed E-state index contributed by atoms with van der Waals surface area (Å²) in [7, 11) is 0. The molecule has 1 fully saturated rings. The molecule has 1 aromatic rings. The molecule has 1 aromatic carbocycles. The lowest BCUT2D eigenvalue weighted by Crippen LogP contribution is -2.44. The molecule has 24 heavy (non-hydrogen) atoms. The van der Waals surface area contributed by atoms with E-state index in [1.54, 1.807) is 0 Å². The third-order valence-electron chi connectivity index (χ3n) is 4.22. The number of hydrogen-bond acceptors (Lipinski definition) is 4.